The van der Waals surface area contributed by atoms with Gasteiger partial charge in [-0.1, -0.05) is 6.92 Å². The molecule has 3 rings (SSSR count). The molecule has 6 heteroatoms. The lowest BCUT2D eigenvalue weighted by molar-refractivity contribution is 0.0650. The molecule has 0 saturated carbocycles. The lowest BCUT2D eigenvalue weighted by Gasteiger charge is -2.36. The van der Waals surface area contributed by atoms with Gasteiger partial charge in [-0.3, -0.25) is 4.79 Å². The zero-order valence-electron chi connectivity index (χ0n) is 13.9. The van der Waals surface area contributed by atoms with E-state index in [1.165, 1.54) is 11.3 Å². The Morgan fingerprint density at radius 3 is 2.78 bits per heavy atom. The van der Waals surface area contributed by atoms with Gasteiger partial charge in [-0.15, -0.1) is 11.3 Å². The molecule has 1 aliphatic rings. The number of aryl methyl sites for hydroxylation is 1. The Labute approximate surface area is 145 Å². The smallest absolute Gasteiger partial charge is 0.265 e. The van der Waals surface area contributed by atoms with Crippen LogP contribution in [0.4, 0.5) is 0 Å². The van der Waals surface area contributed by atoms with Crippen molar-refractivity contribution in [2.24, 2.45) is 0 Å². The second-order valence-electron chi connectivity index (χ2n) is 6.03. The SMILES string of the molecule is CCN1CCC(N(C)C(=O)c2sc(-c3ccsc3)nc2C)CC1. The maximum atomic E-state index is 12.9. The average molecular weight is 350 g/mol. The molecule has 0 unspecified atom stereocenters. The van der Waals surface area contributed by atoms with Crippen LogP contribution in [0.3, 0.4) is 0 Å². The van der Waals surface area contributed by atoms with Crippen LogP contribution in [0.5, 0.6) is 0 Å². The third-order valence-corrected chi connectivity index (χ3v) is 6.51. The zero-order chi connectivity index (χ0) is 16.4. The largest absolute Gasteiger partial charge is 0.338 e. The molecular formula is C17H23N3OS2. The highest BCUT2D eigenvalue weighted by atomic mass is 32.1. The van der Waals surface area contributed by atoms with Gasteiger partial charge < -0.3 is 9.80 Å². The van der Waals surface area contributed by atoms with Gasteiger partial charge in [0.15, 0.2) is 0 Å². The fraction of sp³-hybridized carbons (Fsp3) is 0.529. The monoisotopic (exact) mass is 349 g/mol. The third-order valence-electron chi connectivity index (χ3n) is 4.63. The maximum Gasteiger partial charge on any atom is 0.265 e. The summed E-state index contributed by atoms with van der Waals surface area (Å²) in [5, 5.41) is 5.07. The number of likely N-dealkylation sites (tertiary alicyclic amines) is 1. The Kier molecular flexibility index (Phi) is 5.14. The Balaban J connectivity index is 1.73. The molecule has 0 radical (unpaired) electrons. The van der Waals surface area contributed by atoms with Crippen LogP contribution >= 0.6 is 22.7 Å². The predicted molar refractivity (Wildman–Crippen MR) is 97.4 cm³/mol. The third kappa shape index (κ3) is 3.49. The molecule has 3 heterocycles. The Morgan fingerprint density at radius 2 is 2.17 bits per heavy atom. The van der Waals surface area contributed by atoms with E-state index in [-0.39, 0.29) is 5.91 Å². The first-order valence-electron chi connectivity index (χ1n) is 8.09. The topological polar surface area (TPSA) is 36.4 Å². The van der Waals surface area contributed by atoms with Crippen LogP contribution < -0.4 is 0 Å². The van der Waals surface area contributed by atoms with E-state index in [0.29, 0.717) is 6.04 Å². The first-order valence-corrected chi connectivity index (χ1v) is 9.85. The van der Waals surface area contributed by atoms with Crippen molar-refractivity contribution in [3.05, 3.63) is 27.4 Å². The maximum absolute atomic E-state index is 12.9. The minimum Gasteiger partial charge on any atom is -0.338 e. The number of carbonyl (C=O) groups excluding carboxylic acids is 1. The summed E-state index contributed by atoms with van der Waals surface area (Å²) in [6.45, 7) is 7.40. The standard InChI is InChI=1S/C17H23N3OS2/c1-4-20-8-5-14(6-9-20)19(3)17(21)15-12(2)18-16(23-15)13-7-10-22-11-13/h7,10-11,14H,4-6,8-9H2,1-3H3. The second kappa shape index (κ2) is 7.11. The molecule has 2 aromatic heterocycles. The molecule has 23 heavy (non-hydrogen) atoms. The molecule has 2 aromatic rings. The number of hydrogen-bond donors (Lipinski definition) is 0. The van der Waals surface area contributed by atoms with E-state index in [1.54, 1.807) is 11.3 Å². The number of piperidine rings is 1. The normalized spacial score (nSPS) is 16.7. The van der Waals surface area contributed by atoms with Gasteiger partial charge in [0.1, 0.15) is 9.88 Å². The van der Waals surface area contributed by atoms with E-state index in [9.17, 15) is 4.79 Å². The molecule has 1 saturated heterocycles. The van der Waals surface area contributed by atoms with Gasteiger partial charge in [-0.25, -0.2) is 4.98 Å². The predicted octanol–water partition coefficient (Wildman–Crippen LogP) is 3.74. The van der Waals surface area contributed by atoms with Crippen molar-refractivity contribution in [3.63, 3.8) is 0 Å². The molecule has 0 spiro atoms. The van der Waals surface area contributed by atoms with Crippen LogP contribution in [-0.4, -0.2) is 53.4 Å². The summed E-state index contributed by atoms with van der Waals surface area (Å²) in [6.07, 6.45) is 2.12. The van der Waals surface area contributed by atoms with E-state index in [0.717, 1.165) is 53.6 Å². The van der Waals surface area contributed by atoms with Crippen molar-refractivity contribution >= 4 is 28.6 Å². The van der Waals surface area contributed by atoms with Crippen LogP contribution in [-0.2, 0) is 0 Å². The number of rotatable bonds is 4. The number of hydrogen-bond acceptors (Lipinski definition) is 5. The second-order valence-corrected chi connectivity index (χ2v) is 7.81. The van der Waals surface area contributed by atoms with Crippen LogP contribution in [0.15, 0.2) is 16.8 Å². The van der Waals surface area contributed by atoms with Crippen LogP contribution in [0.2, 0.25) is 0 Å². The zero-order valence-corrected chi connectivity index (χ0v) is 15.5. The van der Waals surface area contributed by atoms with Crippen LogP contribution in [0, 0.1) is 6.92 Å². The van der Waals surface area contributed by atoms with E-state index in [4.69, 9.17) is 0 Å². The van der Waals surface area contributed by atoms with E-state index >= 15 is 0 Å². The molecule has 124 valence electrons. The minimum atomic E-state index is 0.122. The fourth-order valence-corrected chi connectivity index (χ4v) is 4.81. The molecular weight excluding hydrogens is 326 g/mol. The lowest BCUT2D eigenvalue weighted by Crippen LogP contribution is -2.45. The molecule has 1 amide bonds. The molecule has 0 bridgehead atoms. The number of nitrogens with zero attached hydrogens (tertiary/aromatic N) is 3. The first-order chi connectivity index (χ1) is 11.1. The number of carbonyl (C=O) groups is 1. The Hall–Kier alpha value is -1.24. The van der Waals surface area contributed by atoms with Crippen molar-refractivity contribution in [1.82, 2.24) is 14.8 Å². The van der Waals surface area contributed by atoms with E-state index in [2.05, 4.69) is 28.3 Å². The van der Waals surface area contributed by atoms with Crippen molar-refractivity contribution in [3.8, 4) is 10.6 Å². The van der Waals surface area contributed by atoms with Gasteiger partial charge in [-0.05, 0) is 37.8 Å². The summed E-state index contributed by atoms with van der Waals surface area (Å²) >= 11 is 3.17. The fourth-order valence-electron chi connectivity index (χ4n) is 3.05. The lowest BCUT2D eigenvalue weighted by atomic mass is 10.0. The van der Waals surface area contributed by atoms with Crippen LogP contribution in [0.1, 0.15) is 35.1 Å². The van der Waals surface area contributed by atoms with Gasteiger partial charge >= 0.3 is 0 Å². The number of thiazole rings is 1. The van der Waals surface area contributed by atoms with E-state index < -0.39 is 0 Å². The Morgan fingerprint density at radius 1 is 1.43 bits per heavy atom. The molecule has 1 aliphatic heterocycles. The molecule has 4 nitrogen and oxygen atoms in total. The highest BCUT2D eigenvalue weighted by Gasteiger charge is 2.27. The number of thiophene rings is 1. The van der Waals surface area contributed by atoms with Gasteiger partial charge in [0.25, 0.3) is 5.91 Å². The van der Waals surface area contributed by atoms with Crippen LogP contribution in [0.25, 0.3) is 10.6 Å². The first kappa shape index (κ1) is 16.6. The molecule has 0 aliphatic carbocycles. The van der Waals surface area contributed by atoms with Crippen molar-refractivity contribution in [2.75, 3.05) is 26.7 Å². The summed E-state index contributed by atoms with van der Waals surface area (Å²) in [5.41, 5.74) is 1.96. The van der Waals surface area contributed by atoms with Crippen molar-refractivity contribution in [2.45, 2.75) is 32.7 Å². The Bertz CT molecular complexity index is 657. The summed E-state index contributed by atoms with van der Waals surface area (Å²) in [7, 11) is 1.94. The number of amides is 1. The molecule has 0 aromatic carbocycles. The summed E-state index contributed by atoms with van der Waals surface area (Å²) < 4.78 is 0. The van der Waals surface area contributed by atoms with Gasteiger partial charge in [0, 0.05) is 37.1 Å². The average Bonchev–Trinajstić information content (AvgIpc) is 3.23. The molecule has 0 atom stereocenters. The van der Waals surface area contributed by atoms with Crippen molar-refractivity contribution in [1.29, 1.82) is 0 Å². The highest BCUT2D eigenvalue weighted by molar-refractivity contribution is 7.17. The van der Waals surface area contributed by atoms with Gasteiger partial charge in [0.05, 0.1) is 5.69 Å². The number of aromatic nitrogens is 1. The molecule has 0 N–H and O–H groups in total. The van der Waals surface area contributed by atoms with Gasteiger partial charge in [-0.2, -0.15) is 11.3 Å². The summed E-state index contributed by atoms with van der Waals surface area (Å²) in [6, 6.07) is 2.40. The minimum absolute atomic E-state index is 0.122. The quantitative estimate of drug-likeness (QED) is 0.844. The summed E-state index contributed by atoms with van der Waals surface area (Å²) in [5.74, 6) is 0.122. The molecule has 1 fully saturated rings. The van der Waals surface area contributed by atoms with Crippen molar-refractivity contribution < 1.29 is 4.79 Å². The van der Waals surface area contributed by atoms with Gasteiger partial charge in [0.2, 0.25) is 0 Å². The summed E-state index contributed by atoms with van der Waals surface area (Å²) in [4.78, 5) is 22.6. The van der Waals surface area contributed by atoms with E-state index in [1.807, 2.05) is 24.3 Å². The highest BCUT2D eigenvalue weighted by Crippen LogP contribution is 2.30.